The fourth-order valence-electron chi connectivity index (χ4n) is 3.24. The number of carbonyl (C=O) groups is 1. The van der Waals surface area contributed by atoms with Gasteiger partial charge in [-0.05, 0) is 23.8 Å². The Morgan fingerprint density at radius 1 is 1.00 bits per heavy atom. The molecule has 0 aliphatic carbocycles. The van der Waals surface area contributed by atoms with Gasteiger partial charge in [0.25, 0.3) is 5.69 Å². The third-order valence-electron chi connectivity index (χ3n) is 4.71. The Morgan fingerprint density at radius 3 is 2.33 bits per heavy atom. The topological polar surface area (TPSA) is 98.6 Å². The Morgan fingerprint density at radius 2 is 1.67 bits per heavy atom. The van der Waals surface area contributed by atoms with E-state index >= 15 is 0 Å². The van der Waals surface area contributed by atoms with Gasteiger partial charge in [0.05, 0.1) is 23.1 Å². The first kappa shape index (κ1) is 19.1. The Balaban J connectivity index is 1.68. The first-order chi connectivity index (χ1) is 14.5. The molecule has 0 N–H and O–H groups in total. The van der Waals surface area contributed by atoms with Gasteiger partial charge in [-0.2, -0.15) is 0 Å². The molecule has 0 radical (unpaired) electrons. The maximum Gasteiger partial charge on any atom is 0.420 e. The number of hydrogen-bond donors (Lipinski definition) is 0. The summed E-state index contributed by atoms with van der Waals surface area (Å²) in [5.74, 6) is -1.06. The molecule has 4 aromatic rings. The molecule has 3 aromatic carbocycles. The van der Waals surface area contributed by atoms with Crippen LogP contribution in [0.4, 0.5) is 11.4 Å². The van der Waals surface area contributed by atoms with Crippen LogP contribution >= 0.6 is 0 Å². The van der Waals surface area contributed by atoms with Gasteiger partial charge in [0, 0.05) is 11.8 Å². The fraction of sp³-hybridized carbons (Fsp3) is 0.0909. The van der Waals surface area contributed by atoms with E-state index in [-0.39, 0.29) is 23.7 Å². The van der Waals surface area contributed by atoms with Crippen molar-refractivity contribution in [2.45, 2.75) is 13.1 Å². The van der Waals surface area contributed by atoms with Crippen LogP contribution in [0.15, 0.2) is 88.1 Å². The summed E-state index contributed by atoms with van der Waals surface area (Å²) in [6.45, 7) is 0.0745. The lowest BCUT2D eigenvalue weighted by Crippen LogP contribution is -2.35. The number of benzene rings is 3. The van der Waals surface area contributed by atoms with Crippen molar-refractivity contribution in [2.75, 3.05) is 4.90 Å². The normalized spacial score (nSPS) is 10.8. The number of rotatable bonds is 6. The number of nitro benzene ring substituents is 1. The highest BCUT2D eigenvalue weighted by molar-refractivity contribution is 5.94. The third-order valence-corrected chi connectivity index (χ3v) is 4.71. The summed E-state index contributed by atoms with van der Waals surface area (Å²) in [6, 6.07) is 22.5. The molecule has 8 nitrogen and oxygen atoms in total. The number of carbonyl (C=O) groups excluding carboxylic acids is 1. The van der Waals surface area contributed by atoms with Crippen molar-refractivity contribution in [1.82, 2.24) is 4.57 Å². The van der Waals surface area contributed by atoms with Crippen LogP contribution in [0, 0.1) is 10.1 Å². The lowest BCUT2D eigenvalue weighted by molar-refractivity contribution is -0.384. The number of aromatic nitrogens is 1. The molecule has 1 aromatic heterocycles. The van der Waals surface area contributed by atoms with Gasteiger partial charge in [-0.3, -0.25) is 19.5 Å². The Kier molecular flexibility index (Phi) is 5.13. The lowest BCUT2D eigenvalue weighted by atomic mass is 10.2. The first-order valence-corrected chi connectivity index (χ1v) is 9.20. The minimum Gasteiger partial charge on any atom is -0.407 e. The molecule has 0 saturated carbocycles. The minimum atomic E-state index is -0.744. The van der Waals surface area contributed by atoms with Crippen molar-refractivity contribution in [3.05, 3.63) is 105 Å². The van der Waals surface area contributed by atoms with Gasteiger partial charge in [-0.15, -0.1) is 0 Å². The molecule has 0 spiro atoms. The largest absolute Gasteiger partial charge is 0.420 e. The van der Waals surface area contributed by atoms with E-state index in [2.05, 4.69) is 0 Å². The molecule has 150 valence electrons. The molecule has 0 unspecified atom stereocenters. The second-order valence-electron chi connectivity index (χ2n) is 6.66. The summed E-state index contributed by atoms with van der Waals surface area (Å²) in [7, 11) is 0. The van der Waals surface area contributed by atoms with Crippen LogP contribution in [0.1, 0.15) is 5.56 Å². The molecular weight excluding hydrogens is 386 g/mol. The van der Waals surface area contributed by atoms with Crippen LogP contribution in [-0.2, 0) is 17.9 Å². The number of anilines is 1. The number of fused-ring (bicyclic) bond motifs is 1. The van der Waals surface area contributed by atoms with Crippen molar-refractivity contribution in [1.29, 1.82) is 0 Å². The molecule has 8 heteroatoms. The maximum atomic E-state index is 13.2. The first-order valence-electron chi connectivity index (χ1n) is 9.20. The van der Waals surface area contributed by atoms with E-state index in [1.54, 1.807) is 4.90 Å². The molecule has 0 aliphatic rings. The Bertz CT molecular complexity index is 1260. The molecule has 0 saturated heterocycles. The van der Waals surface area contributed by atoms with Gasteiger partial charge < -0.3 is 9.32 Å². The van der Waals surface area contributed by atoms with Crippen LogP contribution in [-0.4, -0.2) is 15.4 Å². The van der Waals surface area contributed by atoms with Crippen molar-refractivity contribution < 1.29 is 14.1 Å². The van der Waals surface area contributed by atoms with Gasteiger partial charge in [0.2, 0.25) is 5.91 Å². The zero-order valence-electron chi connectivity index (χ0n) is 15.8. The molecular formula is C22H17N3O5. The number of para-hydroxylation sites is 1. The highest BCUT2D eigenvalue weighted by Gasteiger charge is 2.21. The highest BCUT2D eigenvalue weighted by atomic mass is 16.6. The molecule has 0 aliphatic heterocycles. The predicted octanol–water partition coefficient (Wildman–Crippen LogP) is 3.74. The quantitative estimate of drug-likeness (QED) is 0.361. The van der Waals surface area contributed by atoms with Gasteiger partial charge in [0.15, 0.2) is 5.58 Å². The highest BCUT2D eigenvalue weighted by Crippen LogP contribution is 2.22. The second-order valence-corrected chi connectivity index (χ2v) is 6.66. The van der Waals surface area contributed by atoms with Crippen molar-refractivity contribution in [2.24, 2.45) is 0 Å². The minimum absolute atomic E-state index is 0.0660. The van der Waals surface area contributed by atoms with Crippen LogP contribution in [0.5, 0.6) is 0 Å². The van der Waals surface area contributed by atoms with Gasteiger partial charge in [-0.1, -0.05) is 48.5 Å². The number of amides is 1. The van der Waals surface area contributed by atoms with Crippen LogP contribution in [0.25, 0.3) is 11.1 Å². The fourth-order valence-corrected chi connectivity index (χ4v) is 3.24. The van der Waals surface area contributed by atoms with Crippen LogP contribution in [0.2, 0.25) is 0 Å². The summed E-state index contributed by atoms with van der Waals surface area (Å²) in [4.78, 5) is 37.5. The monoisotopic (exact) mass is 403 g/mol. The van der Waals surface area contributed by atoms with Gasteiger partial charge in [0.1, 0.15) is 6.54 Å². The average molecular weight is 403 g/mol. The summed E-state index contributed by atoms with van der Waals surface area (Å²) < 4.78 is 6.31. The van der Waals surface area contributed by atoms with E-state index < -0.39 is 10.7 Å². The van der Waals surface area contributed by atoms with E-state index in [0.717, 1.165) is 5.56 Å². The zero-order valence-corrected chi connectivity index (χ0v) is 15.8. The molecule has 0 bridgehead atoms. The summed E-state index contributed by atoms with van der Waals surface area (Å²) in [5.41, 5.74) is 1.84. The smallest absolute Gasteiger partial charge is 0.407 e. The number of oxazole rings is 1. The van der Waals surface area contributed by atoms with Gasteiger partial charge in [-0.25, -0.2) is 4.79 Å². The molecule has 4 rings (SSSR count). The van der Waals surface area contributed by atoms with E-state index in [1.165, 1.54) is 22.8 Å². The molecule has 0 atom stereocenters. The zero-order chi connectivity index (χ0) is 21.1. The summed E-state index contributed by atoms with van der Waals surface area (Å²) in [5, 5.41) is 11.0. The Hall–Kier alpha value is -4.20. The second kappa shape index (κ2) is 8.04. The molecule has 1 amide bonds. The predicted molar refractivity (Wildman–Crippen MR) is 111 cm³/mol. The van der Waals surface area contributed by atoms with Crippen molar-refractivity contribution in [3.8, 4) is 0 Å². The number of nitrogens with zero attached hydrogens (tertiary/aromatic N) is 3. The standard InChI is InChI=1S/C22H17N3O5/c26-21(15-24-19-12-11-18(25(28)29)13-20(19)30-22(24)27)23(17-9-5-2-6-10-17)14-16-7-3-1-4-8-16/h1-13H,14-15H2. The summed E-state index contributed by atoms with van der Waals surface area (Å²) >= 11 is 0. The average Bonchev–Trinajstić information content (AvgIpc) is 3.07. The van der Waals surface area contributed by atoms with Crippen molar-refractivity contribution >= 4 is 28.4 Å². The van der Waals surface area contributed by atoms with Gasteiger partial charge >= 0.3 is 5.76 Å². The molecule has 0 fully saturated rings. The molecule has 1 heterocycles. The summed E-state index contributed by atoms with van der Waals surface area (Å²) in [6.07, 6.45) is 0. The maximum absolute atomic E-state index is 13.2. The van der Waals surface area contributed by atoms with Crippen molar-refractivity contribution in [3.63, 3.8) is 0 Å². The number of nitro groups is 1. The lowest BCUT2D eigenvalue weighted by Gasteiger charge is -2.23. The van der Waals surface area contributed by atoms with Crippen LogP contribution in [0.3, 0.4) is 0 Å². The third kappa shape index (κ3) is 3.83. The SMILES string of the molecule is O=C(Cn1c(=O)oc2cc([N+](=O)[O-])ccc21)N(Cc1ccccc1)c1ccccc1. The molecule has 30 heavy (non-hydrogen) atoms. The van der Waals surface area contributed by atoms with E-state index in [1.807, 2.05) is 60.7 Å². The Labute approximate surface area is 170 Å². The number of hydrogen-bond acceptors (Lipinski definition) is 5. The van der Waals surface area contributed by atoms with Crippen LogP contribution < -0.4 is 10.7 Å². The van der Waals surface area contributed by atoms with E-state index in [4.69, 9.17) is 4.42 Å². The van der Waals surface area contributed by atoms with E-state index in [0.29, 0.717) is 17.7 Å². The van der Waals surface area contributed by atoms with E-state index in [9.17, 15) is 19.7 Å². The number of non-ortho nitro benzene ring substituents is 1.